The van der Waals surface area contributed by atoms with Crippen molar-refractivity contribution < 1.29 is 5.11 Å². The molecule has 0 aliphatic rings. The SMILES string of the molecule is CSc1ccc(C(C)(C)CO)cc1C. The van der Waals surface area contributed by atoms with Gasteiger partial charge >= 0.3 is 0 Å². The van der Waals surface area contributed by atoms with Crippen LogP contribution in [-0.2, 0) is 5.41 Å². The standard InChI is InChI=1S/C12H18OS/c1-9-7-10(12(2,3)8-13)5-6-11(9)14-4/h5-7,13H,8H2,1-4H3. The van der Waals surface area contributed by atoms with Gasteiger partial charge in [0.1, 0.15) is 0 Å². The van der Waals surface area contributed by atoms with E-state index in [2.05, 4.69) is 45.2 Å². The van der Waals surface area contributed by atoms with Gasteiger partial charge in [-0.1, -0.05) is 26.0 Å². The second-order valence-electron chi connectivity index (χ2n) is 4.23. The first-order chi connectivity index (χ1) is 6.51. The molecule has 2 heteroatoms. The Hall–Kier alpha value is -0.470. The predicted molar refractivity (Wildman–Crippen MR) is 63.1 cm³/mol. The van der Waals surface area contributed by atoms with Gasteiger partial charge < -0.3 is 5.11 Å². The van der Waals surface area contributed by atoms with E-state index in [1.165, 1.54) is 16.0 Å². The molecule has 1 N–H and O–H groups in total. The smallest absolute Gasteiger partial charge is 0.0522 e. The number of hydrogen-bond acceptors (Lipinski definition) is 2. The summed E-state index contributed by atoms with van der Waals surface area (Å²) in [4.78, 5) is 1.31. The summed E-state index contributed by atoms with van der Waals surface area (Å²) >= 11 is 1.76. The summed E-state index contributed by atoms with van der Waals surface area (Å²) in [6, 6.07) is 6.41. The van der Waals surface area contributed by atoms with Crippen LogP contribution in [0.1, 0.15) is 25.0 Å². The molecule has 0 spiro atoms. The van der Waals surface area contributed by atoms with E-state index in [9.17, 15) is 5.11 Å². The predicted octanol–water partition coefficient (Wildman–Crippen LogP) is 2.99. The molecular formula is C12H18OS. The van der Waals surface area contributed by atoms with Gasteiger partial charge in [0.15, 0.2) is 0 Å². The van der Waals surface area contributed by atoms with Crippen LogP contribution in [0.5, 0.6) is 0 Å². The van der Waals surface area contributed by atoms with Crippen LogP contribution in [0.15, 0.2) is 23.1 Å². The summed E-state index contributed by atoms with van der Waals surface area (Å²) in [6.45, 7) is 6.41. The van der Waals surface area contributed by atoms with Crippen molar-refractivity contribution in [2.45, 2.75) is 31.1 Å². The molecule has 0 radical (unpaired) electrons. The number of aliphatic hydroxyl groups is 1. The fraction of sp³-hybridized carbons (Fsp3) is 0.500. The largest absolute Gasteiger partial charge is 0.395 e. The monoisotopic (exact) mass is 210 g/mol. The van der Waals surface area contributed by atoms with Crippen molar-refractivity contribution in [3.63, 3.8) is 0 Å². The van der Waals surface area contributed by atoms with Crippen molar-refractivity contribution in [3.8, 4) is 0 Å². The summed E-state index contributed by atoms with van der Waals surface area (Å²) in [7, 11) is 0. The molecular weight excluding hydrogens is 192 g/mol. The van der Waals surface area contributed by atoms with E-state index in [1.54, 1.807) is 11.8 Å². The van der Waals surface area contributed by atoms with Crippen molar-refractivity contribution in [2.75, 3.05) is 12.9 Å². The van der Waals surface area contributed by atoms with Crippen molar-refractivity contribution >= 4 is 11.8 Å². The van der Waals surface area contributed by atoms with Crippen LogP contribution in [0.2, 0.25) is 0 Å². The zero-order valence-corrected chi connectivity index (χ0v) is 10.1. The first-order valence-corrected chi connectivity index (χ1v) is 5.99. The van der Waals surface area contributed by atoms with Crippen molar-refractivity contribution in [2.24, 2.45) is 0 Å². The molecule has 0 saturated heterocycles. The van der Waals surface area contributed by atoms with Gasteiger partial charge in [-0.05, 0) is 30.4 Å². The quantitative estimate of drug-likeness (QED) is 0.774. The number of thioether (sulfide) groups is 1. The average molecular weight is 210 g/mol. The number of benzene rings is 1. The second kappa shape index (κ2) is 4.37. The molecule has 0 unspecified atom stereocenters. The van der Waals surface area contributed by atoms with Gasteiger partial charge in [0.05, 0.1) is 6.61 Å². The zero-order chi connectivity index (χ0) is 10.8. The van der Waals surface area contributed by atoms with E-state index < -0.39 is 0 Å². The topological polar surface area (TPSA) is 20.2 Å². The summed E-state index contributed by atoms with van der Waals surface area (Å²) in [5, 5.41) is 9.26. The van der Waals surface area contributed by atoms with Crippen molar-refractivity contribution in [3.05, 3.63) is 29.3 Å². The van der Waals surface area contributed by atoms with Crippen molar-refractivity contribution in [1.82, 2.24) is 0 Å². The highest BCUT2D eigenvalue weighted by molar-refractivity contribution is 7.98. The van der Waals surface area contributed by atoms with E-state index in [1.807, 2.05) is 0 Å². The molecule has 1 rings (SSSR count). The highest BCUT2D eigenvalue weighted by Crippen LogP contribution is 2.27. The lowest BCUT2D eigenvalue weighted by Crippen LogP contribution is -2.22. The lowest BCUT2D eigenvalue weighted by Gasteiger charge is -2.23. The molecule has 0 aliphatic carbocycles. The molecule has 1 nitrogen and oxygen atoms in total. The maximum atomic E-state index is 9.26. The van der Waals surface area contributed by atoms with E-state index in [0.717, 1.165) is 0 Å². The minimum atomic E-state index is -0.137. The van der Waals surface area contributed by atoms with Crippen LogP contribution in [0.3, 0.4) is 0 Å². The maximum Gasteiger partial charge on any atom is 0.0522 e. The summed E-state index contributed by atoms with van der Waals surface area (Å²) in [5.74, 6) is 0. The van der Waals surface area contributed by atoms with E-state index in [4.69, 9.17) is 0 Å². The fourth-order valence-corrected chi connectivity index (χ4v) is 1.98. The Bertz CT molecular complexity index is 318. The Kier molecular flexibility index (Phi) is 3.62. The molecule has 0 aliphatic heterocycles. The Labute approximate surface area is 90.5 Å². The number of aryl methyl sites for hydroxylation is 1. The normalized spacial score (nSPS) is 11.8. The van der Waals surface area contributed by atoms with E-state index >= 15 is 0 Å². The maximum absolute atomic E-state index is 9.26. The molecule has 0 heterocycles. The Morgan fingerprint density at radius 1 is 1.36 bits per heavy atom. The van der Waals surface area contributed by atoms with Gasteiger partial charge in [0.25, 0.3) is 0 Å². The third kappa shape index (κ3) is 2.31. The molecule has 0 atom stereocenters. The summed E-state index contributed by atoms with van der Waals surface area (Å²) < 4.78 is 0. The molecule has 14 heavy (non-hydrogen) atoms. The van der Waals surface area contributed by atoms with Crippen LogP contribution in [0.4, 0.5) is 0 Å². The molecule has 0 bridgehead atoms. The Balaban J connectivity index is 3.08. The van der Waals surface area contributed by atoms with Gasteiger partial charge in [-0.25, -0.2) is 0 Å². The molecule has 0 fully saturated rings. The van der Waals surface area contributed by atoms with Gasteiger partial charge in [0.2, 0.25) is 0 Å². The number of hydrogen-bond donors (Lipinski definition) is 1. The van der Waals surface area contributed by atoms with Gasteiger partial charge in [0, 0.05) is 10.3 Å². The summed E-state index contributed by atoms with van der Waals surface area (Å²) in [5.41, 5.74) is 2.36. The van der Waals surface area contributed by atoms with Crippen LogP contribution in [0, 0.1) is 6.92 Å². The van der Waals surface area contributed by atoms with Crippen LogP contribution in [0.25, 0.3) is 0 Å². The van der Waals surface area contributed by atoms with E-state index in [-0.39, 0.29) is 12.0 Å². The lowest BCUT2D eigenvalue weighted by molar-refractivity contribution is 0.218. The minimum Gasteiger partial charge on any atom is -0.395 e. The first kappa shape index (κ1) is 11.6. The Morgan fingerprint density at radius 3 is 2.43 bits per heavy atom. The van der Waals surface area contributed by atoms with Gasteiger partial charge in [-0.3, -0.25) is 0 Å². The molecule has 1 aromatic carbocycles. The highest BCUT2D eigenvalue weighted by Gasteiger charge is 2.19. The van der Waals surface area contributed by atoms with Crippen LogP contribution >= 0.6 is 11.8 Å². The molecule has 0 amide bonds. The minimum absolute atomic E-state index is 0.137. The third-order valence-corrected chi connectivity index (χ3v) is 3.47. The number of aliphatic hydroxyl groups excluding tert-OH is 1. The van der Waals surface area contributed by atoms with E-state index in [0.29, 0.717) is 0 Å². The lowest BCUT2D eigenvalue weighted by atomic mass is 9.85. The third-order valence-electron chi connectivity index (χ3n) is 2.57. The number of rotatable bonds is 3. The summed E-state index contributed by atoms with van der Waals surface area (Å²) in [6.07, 6.45) is 2.08. The molecule has 78 valence electrons. The first-order valence-electron chi connectivity index (χ1n) is 4.77. The fourth-order valence-electron chi connectivity index (χ4n) is 1.39. The van der Waals surface area contributed by atoms with Crippen LogP contribution < -0.4 is 0 Å². The average Bonchev–Trinajstić information content (AvgIpc) is 2.17. The molecule has 0 saturated carbocycles. The van der Waals surface area contributed by atoms with Gasteiger partial charge in [-0.2, -0.15) is 0 Å². The highest BCUT2D eigenvalue weighted by atomic mass is 32.2. The molecule has 1 aromatic rings. The van der Waals surface area contributed by atoms with Crippen LogP contribution in [-0.4, -0.2) is 18.0 Å². The zero-order valence-electron chi connectivity index (χ0n) is 9.29. The van der Waals surface area contributed by atoms with Crippen molar-refractivity contribution in [1.29, 1.82) is 0 Å². The van der Waals surface area contributed by atoms with Gasteiger partial charge in [-0.15, -0.1) is 11.8 Å². The second-order valence-corrected chi connectivity index (χ2v) is 5.07. The molecule has 0 aromatic heterocycles. The Morgan fingerprint density at radius 2 is 2.00 bits per heavy atom.